The van der Waals surface area contributed by atoms with Crippen LogP contribution in [0.4, 0.5) is 0 Å². The van der Waals surface area contributed by atoms with Crippen LogP contribution < -0.4 is 10.9 Å². The van der Waals surface area contributed by atoms with Gasteiger partial charge in [-0.15, -0.1) is 0 Å². The Morgan fingerprint density at radius 1 is 1.44 bits per heavy atom. The Morgan fingerprint density at radius 3 is 2.94 bits per heavy atom. The van der Waals surface area contributed by atoms with Crippen molar-refractivity contribution in [1.82, 2.24) is 15.1 Å². The molecule has 0 saturated heterocycles. The lowest BCUT2D eigenvalue weighted by Crippen LogP contribution is -2.33. The minimum absolute atomic E-state index is 0.0276. The maximum atomic E-state index is 12.1. The number of aromatic nitrogens is 2. The van der Waals surface area contributed by atoms with Crippen LogP contribution in [0.1, 0.15) is 6.92 Å². The van der Waals surface area contributed by atoms with E-state index in [1.54, 1.807) is 6.20 Å². The third-order valence-corrected chi connectivity index (χ3v) is 2.70. The third-order valence-electron chi connectivity index (χ3n) is 2.70. The zero-order valence-electron chi connectivity index (χ0n) is 9.47. The van der Waals surface area contributed by atoms with Gasteiger partial charge in [-0.1, -0.05) is 18.2 Å². The van der Waals surface area contributed by atoms with E-state index < -0.39 is 0 Å². The molecule has 84 valence electrons. The van der Waals surface area contributed by atoms with E-state index in [4.69, 9.17) is 0 Å². The van der Waals surface area contributed by atoms with Crippen molar-refractivity contribution in [3.8, 4) is 0 Å². The molecule has 0 amide bonds. The maximum absolute atomic E-state index is 12.1. The van der Waals surface area contributed by atoms with Crippen molar-refractivity contribution >= 4 is 10.8 Å². The Bertz CT molecular complexity index is 547. The number of hydrogen-bond acceptors (Lipinski definition) is 3. The number of rotatable bonds is 3. The van der Waals surface area contributed by atoms with Crippen molar-refractivity contribution in [3.05, 3.63) is 40.8 Å². The van der Waals surface area contributed by atoms with E-state index in [0.717, 1.165) is 10.8 Å². The summed E-state index contributed by atoms with van der Waals surface area (Å²) in [6.45, 7) is 2.60. The second kappa shape index (κ2) is 4.45. The molecular formula is C12H15N3O. The highest BCUT2D eigenvalue weighted by molar-refractivity contribution is 5.80. The predicted octanol–water partition coefficient (Wildman–Crippen LogP) is 1.00. The van der Waals surface area contributed by atoms with Gasteiger partial charge in [0.1, 0.15) is 0 Å². The molecule has 0 aliphatic carbocycles. The van der Waals surface area contributed by atoms with Crippen molar-refractivity contribution in [2.24, 2.45) is 0 Å². The summed E-state index contributed by atoms with van der Waals surface area (Å²) in [5, 5.41) is 8.86. The zero-order chi connectivity index (χ0) is 11.5. The number of fused-ring (bicyclic) bond motifs is 1. The van der Waals surface area contributed by atoms with Gasteiger partial charge in [0.25, 0.3) is 5.56 Å². The third kappa shape index (κ3) is 1.97. The Morgan fingerprint density at radius 2 is 2.19 bits per heavy atom. The summed E-state index contributed by atoms with van der Waals surface area (Å²) >= 11 is 0. The quantitative estimate of drug-likeness (QED) is 0.834. The van der Waals surface area contributed by atoms with Gasteiger partial charge in [0.2, 0.25) is 0 Å². The molecule has 1 aromatic heterocycles. The van der Waals surface area contributed by atoms with Crippen LogP contribution >= 0.6 is 0 Å². The van der Waals surface area contributed by atoms with Gasteiger partial charge in [-0.3, -0.25) is 4.79 Å². The highest BCUT2D eigenvalue weighted by Gasteiger charge is 2.05. The molecule has 0 aliphatic heterocycles. The summed E-state index contributed by atoms with van der Waals surface area (Å²) in [7, 11) is 1.87. The lowest BCUT2D eigenvalue weighted by molar-refractivity contribution is 0.467. The number of hydrogen-bond donors (Lipinski definition) is 1. The molecule has 1 unspecified atom stereocenters. The maximum Gasteiger partial charge on any atom is 0.274 e. The van der Waals surface area contributed by atoms with Gasteiger partial charge in [0.05, 0.1) is 18.1 Å². The molecule has 1 aromatic carbocycles. The average Bonchev–Trinajstić information content (AvgIpc) is 2.33. The van der Waals surface area contributed by atoms with Crippen LogP contribution in [0.5, 0.6) is 0 Å². The molecule has 2 aromatic rings. The van der Waals surface area contributed by atoms with E-state index >= 15 is 0 Å². The lowest BCUT2D eigenvalue weighted by atomic mass is 10.2. The van der Waals surface area contributed by atoms with Crippen LogP contribution in [0.3, 0.4) is 0 Å². The zero-order valence-corrected chi connectivity index (χ0v) is 9.47. The summed E-state index contributed by atoms with van der Waals surface area (Å²) in [5.41, 5.74) is -0.0276. The summed E-state index contributed by atoms with van der Waals surface area (Å²) in [6, 6.07) is 7.74. The topological polar surface area (TPSA) is 46.9 Å². The molecule has 0 aliphatic rings. The van der Waals surface area contributed by atoms with E-state index in [2.05, 4.69) is 10.4 Å². The van der Waals surface area contributed by atoms with E-state index in [0.29, 0.717) is 6.54 Å². The van der Waals surface area contributed by atoms with Crippen LogP contribution in [-0.4, -0.2) is 22.9 Å². The fourth-order valence-electron chi connectivity index (χ4n) is 1.61. The van der Waals surface area contributed by atoms with Gasteiger partial charge in [-0.05, 0) is 20.0 Å². The predicted molar refractivity (Wildman–Crippen MR) is 64.5 cm³/mol. The van der Waals surface area contributed by atoms with Crippen LogP contribution in [-0.2, 0) is 6.54 Å². The first-order chi connectivity index (χ1) is 7.72. The van der Waals surface area contributed by atoms with Crippen molar-refractivity contribution in [3.63, 3.8) is 0 Å². The number of nitrogens with zero attached hydrogens (tertiary/aromatic N) is 2. The SMILES string of the molecule is CNC(C)Cn1ncc2ccccc2c1=O. The normalized spacial score (nSPS) is 12.9. The summed E-state index contributed by atoms with van der Waals surface area (Å²) < 4.78 is 1.50. The fraction of sp³-hybridized carbons (Fsp3) is 0.333. The van der Waals surface area contributed by atoms with E-state index in [1.165, 1.54) is 4.68 Å². The van der Waals surface area contributed by atoms with E-state index in [9.17, 15) is 4.79 Å². The largest absolute Gasteiger partial charge is 0.315 e. The first kappa shape index (κ1) is 10.8. The summed E-state index contributed by atoms with van der Waals surface area (Å²) in [5.74, 6) is 0. The summed E-state index contributed by atoms with van der Waals surface area (Å²) in [4.78, 5) is 12.1. The molecular weight excluding hydrogens is 202 g/mol. The van der Waals surface area contributed by atoms with Gasteiger partial charge in [-0.25, -0.2) is 4.68 Å². The van der Waals surface area contributed by atoms with Crippen LogP contribution in [0.2, 0.25) is 0 Å². The molecule has 4 nitrogen and oxygen atoms in total. The van der Waals surface area contributed by atoms with Crippen molar-refractivity contribution < 1.29 is 0 Å². The van der Waals surface area contributed by atoms with Gasteiger partial charge in [0.15, 0.2) is 0 Å². The molecule has 0 spiro atoms. The Kier molecular flexibility index (Phi) is 3.01. The Hall–Kier alpha value is -1.68. The van der Waals surface area contributed by atoms with Crippen LogP contribution in [0.25, 0.3) is 10.8 Å². The van der Waals surface area contributed by atoms with Gasteiger partial charge in [0, 0.05) is 11.4 Å². The number of nitrogens with one attached hydrogen (secondary N) is 1. The second-order valence-electron chi connectivity index (χ2n) is 3.91. The van der Waals surface area contributed by atoms with Crippen molar-refractivity contribution in [1.29, 1.82) is 0 Å². The van der Waals surface area contributed by atoms with Crippen LogP contribution in [0.15, 0.2) is 35.3 Å². The Balaban J connectivity index is 2.49. The highest BCUT2D eigenvalue weighted by atomic mass is 16.1. The standard InChI is InChI=1S/C12H15N3O/c1-9(13-2)8-15-12(16)11-6-4-3-5-10(11)7-14-15/h3-7,9,13H,8H2,1-2H3. The first-order valence-electron chi connectivity index (χ1n) is 5.34. The average molecular weight is 217 g/mol. The van der Waals surface area contributed by atoms with Gasteiger partial charge in [-0.2, -0.15) is 5.10 Å². The molecule has 4 heteroatoms. The molecule has 1 atom stereocenters. The number of likely N-dealkylation sites (N-methyl/N-ethyl adjacent to an activating group) is 1. The first-order valence-corrected chi connectivity index (χ1v) is 5.34. The molecule has 0 saturated carbocycles. The minimum atomic E-state index is -0.0276. The molecule has 0 bridgehead atoms. The number of benzene rings is 1. The monoisotopic (exact) mass is 217 g/mol. The van der Waals surface area contributed by atoms with Crippen molar-refractivity contribution in [2.75, 3.05) is 7.05 Å². The molecule has 0 fully saturated rings. The fourth-order valence-corrected chi connectivity index (χ4v) is 1.61. The van der Waals surface area contributed by atoms with E-state index in [-0.39, 0.29) is 11.6 Å². The molecule has 2 rings (SSSR count). The van der Waals surface area contributed by atoms with E-state index in [1.807, 2.05) is 38.2 Å². The smallest absolute Gasteiger partial charge is 0.274 e. The molecule has 1 heterocycles. The second-order valence-corrected chi connectivity index (χ2v) is 3.91. The molecule has 16 heavy (non-hydrogen) atoms. The minimum Gasteiger partial charge on any atom is -0.315 e. The van der Waals surface area contributed by atoms with Gasteiger partial charge >= 0.3 is 0 Å². The highest BCUT2D eigenvalue weighted by Crippen LogP contribution is 2.06. The molecule has 0 radical (unpaired) electrons. The van der Waals surface area contributed by atoms with Crippen LogP contribution in [0, 0.1) is 0 Å². The summed E-state index contributed by atoms with van der Waals surface area (Å²) in [6.07, 6.45) is 1.74. The Labute approximate surface area is 93.9 Å². The molecule has 1 N–H and O–H groups in total. The van der Waals surface area contributed by atoms with Crippen molar-refractivity contribution in [2.45, 2.75) is 19.5 Å². The lowest BCUT2D eigenvalue weighted by Gasteiger charge is -2.11. The van der Waals surface area contributed by atoms with Gasteiger partial charge < -0.3 is 5.32 Å².